The Hall–Kier alpha value is -4.95. The quantitative estimate of drug-likeness (QED) is 0.0724. The number of ether oxygens (including phenoxy) is 2. The van der Waals surface area contributed by atoms with Gasteiger partial charge in [0.05, 0.1) is 13.2 Å². The van der Waals surface area contributed by atoms with E-state index in [-0.39, 0.29) is 26.4 Å². The van der Waals surface area contributed by atoms with Crippen LogP contribution in [0.5, 0.6) is 11.5 Å². The molecule has 13 heteroatoms. The third kappa shape index (κ3) is 10.9. The summed E-state index contributed by atoms with van der Waals surface area (Å²) in [7, 11) is -7.00. The Labute approximate surface area is 363 Å². The molecule has 0 amide bonds. The van der Waals surface area contributed by atoms with Crippen LogP contribution in [0.25, 0.3) is 0 Å². The van der Waals surface area contributed by atoms with Crippen molar-refractivity contribution in [3.8, 4) is 11.5 Å². The van der Waals surface area contributed by atoms with E-state index in [0.717, 1.165) is 27.8 Å². The van der Waals surface area contributed by atoms with Gasteiger partial charge in [-0.2, -0.15) is 0 Å². The molecule has 0 aliphatic rings. The van der Waals surface area contributed by atoms with Crippen LogP contribution in [0, 0.1) is 41.5 Å². The van der Waals surface area contributed by atoms with E-state index >= 15 is 0 Å². The number of aryl methyl sites for hydroxylation is 4. The molecule has 6 rings (SSSR count). The van der Waals surface area contributed by atoms with Gasteiger partial charge in [0.1, 0.15) is 30.6 Å². The molecule has 0 saturated carbocycles. The van der Waals surface area contributed by atoms with E-state index in [1.165, 1.54) is 0 Å². The summed E-state index contributed by atoms with van der Waals surface area (Å²) >= 11 is -1.44. The summed E-state index contributed by atoms with van der Waals surface area (Å²) in [5, 5.41) is 32.1. The van der Waals surface area contributed by atoms with Gasteiger partial charge in [-0.15, -0.1) is 0 Å². The molecule has 0 saturated heterocycles. The molecule has 0 aromatic heterocycles. The normalized spacial score (nSPS) is 11.6. The zero-order valence-corrected chi connectivity index (χ0v) is 38.0. The second kappa shape index (κ2) is 22.8. The topological polar surface area (TPSA) is 164 Å². The monoisotopic (exact) mass is 905 g/mol. The molecule has 6 aromatic carbocycles. The molecule has 0 heterocycles. The van der Waals surface area contributed by atoms with E-state index in [0.29, 0.717) is 49.4 Å². The Morgan fingerprint density at radius 1 is 0.557 bits per heavy atom. The Kier molecular flexibility index (Phi) is 18.2. The van der Waals surface area contributed by atoms with Crippen LogP contribution >= 0.6 is 14.3 Å². The zero-order valence-electron chi connectivity index (χ0n) is 35.1. The molecule has 61 heavy (non-hydrogen) atoms. The average Bonchev–Trinajstić information content (AvgIpc) is 3.27. The summed E-state index contributed by atoms with van der Waals surface area (Å²) < 4.78 is 57.1. The van der Waals surface area contributed by atoms with Crippen LogP contribution in [-0.2, 0) is 31.6 Å². The van der Waals surface area contributed by atoms with Crippen LogP contribution < -0.4 is 30.7 Å². The molecule has 0 fully saturated rings. The third-order valence-electron chi connectivity index (χ3n) is 10.2. The van der Waals surface area contributed by atoms with Crippen molar-refractivity contribution in [1.29, 1.82) is 0 Å². The molecule has 0 bridgehead atoms. The molecule has 10 nitrogen and oxygen atoms in total. The van der Waals surface area contributed by atoms with Gasteiger partial charge in [-0.3, -0.25) is 4.79 Å². The van der Waals surface area contributed by atoms with E-state index in [2.05, 4.69) is 0 Å². The molecule has 0 radical (unpaired) electrons. The van der Waals surface area contributed by atoms with E-state index in [1.54, 1.807) is 79.7 Å². The van der Waals surface area contributed by atoms with Crippen LogP contribution in [0.15, 0.2) is 133 Å². The summed E-state index contributed by atoms with van der Waals surface area (Å²) in [5.74, 6) is -0.0450. The maximum absolute atomic E-state index is 14.5. The zero-order chi connectivity index (χ0) is 44.7. The van der Waals surface area contributed by atoms with Gasteiger partial charge in [-0.05, 0) is 74.9 Å². The summed E-state index contributed by atoms with van der Waals surface area (Å²) in [6, 6.07) is 39.9. The van der Waals surface area contributed by atoms with Crippen LogP contribution in [-0.4, -0.2) is 47.3 Å². The van der Waals surface area contributed by atoms with Crippen LogP contribution in [0.4, 0.5) is 0 Å². The summed E-state index contributed by atoms with van der Waals surface area (Å²) in [6.45, 7) is 11.3. The molecule has 0 aliphatic heterocycles. The minimum atomic E-state index is -3.60. The van der Waals surface area contributed by atoms with Crippen LogP contribution in [0.3, 0.4) is 0 Å². The fourth-order valence-electron chi connectivity index (χ4n) is 7.54. The molecule has 6 aromatic rings. The van der Waals surface area contributed by atoms with Crippen molar-refractivity contribution in [1.82, 2.24) is 0 Å². The molecular weight excluding hydrogens is 853 g/mol. The molecule has 1 atom stereocenters. The summed E-state index contributed by atoms with van der Waals surface area (Å²) in [4.78, 5) is 13.9. The second-order valence-corrected chi connectivity index (χ2v) is 19.9. The molecule has 0 spiro atoms. The van der Waals surface area contributed by atoms with Crippen molar-refractivity contribution in [3.05, 3.63) is 178 Å². The summed E-state index contributed by atoms with van der Waals surface area (Å²) in [6.07, 6.45) is 0. The van der Waals surface area contributed by atoms with Gasteiger partial charge in [0.25, 0.3) is 0 Å². The van der Waals surface area contributed by atoms with E-state index in [4.69, 9.17) is 27.4 Å². The minimum absolute atomic E-state index is 0.100. The van der Waals surface area contributed by atoms with Crippen molar-refractivity contribution < 1.29 is 61.2 Å². The maximum atomic E-state index is 14.5. The fourth-order valence-corrected chi connectivity index (χ4v) is 13.0. The van der Waals surface area contributed by atoms with Gasteiger partial charge in [0.15, 0.2) is 7.14 Å². The van der Waals surface area contributed by atoms with Gasteiger partial charge in [-0.1, -0.05) is 133 Å². The number of benzene rings is 6. The number of carbonyl (C=O) groups is 1. The van der Waals surface area contributed by atoms with Gasteiger partial charge < -0.3 is 33.9 Å². The predicted molar refractivity (Wildman–Crippen MR) is 237 cm³/mol. The average molecular weight is 906 g/mol. The third-order valence-corrected chi connectivity index (χ3v) is 16.1. The first-order valence-electron chi connectivity index (χ1n) is 19.5. The van der Waals surface area contributed by atoms with Crippen molar-refractivity contribution in [3.63, 3.8) is 0 Å². The predicted octanol–water partition coefficient (Wildman–Crippen LogP) is 7.89. The molecule has 1 unspecified atom stereocenters. The van der Waals surface area contributed by atoms with Crippen LogP contribution in [0.2, 0.25) is 0 Å². The fraction of sp³-hybridized carbons (Fsp3) is 0.229. The SMILES string of the molecule is Cc1cc(C)c(C(=O)P(=O)(c2ccccc2)c2ccccc2)c(C)c1OCCO.Cc1cc(C)c(C(O)P(=O)(c2ccccc2)c2ccccc2)c(C)c1OCCO.[O]=[Mn]=[O]. The van der Waals surface area contributed by atoms with Gasteiger partial charge >= 0.3 is 22.5 Å². The standard InChI is InChI=1S/C24H27O4P.C24H25O4P.Mn.2O/c2*1-17-16-18(2)23(28-15-14-25)19(3)22(17)24(26)29(27,20-10-6-4-7-11-20)21-12-8-5-9-13-21;;;/h4-13,16,24-26H,14-15H2,1-3H3;4-13,16,25H,14-15H2,1-3H3;;;. The first-order chi connectivity index (χ1) is 29.2. The van der Waals surface area contributed by atoms with Crippen LogP contribution in [0.1, 0.15) is 55.1 Å². The Morgan fingerprint density at radius 2 is 0.902 bits per heavy atom. The molecule has 0 aliphatic carbocycles. The summed E-state index contributed by atoms with van der Waals surface area (Å²) in [5.41, 5.74) is 5.42. The van der Waals surface area contributed by atoms with Crippen molar-refractivity contribution in [2.45, 2.75) is 47.4 Å². The van der Waals surface area contributed by atoms with E-state index in [1.807, 2.05) is 95.3 Å². The molecule has 321 valence electrons. The van der Waals surface area contributed by atoms with E-state index < -0.39 is 40.5 Å². The van der Waals surface area contributed by atoms with Gasteiger partial charge in [-0.25, -0.2) is 0 Å². The number of hydrogen-bond acceptors (Lipinski definition) is 10. The second-order valence-electron chi connectivity index (χ2n) is 14.2. The number of rotatable bonds is 14. The van der Waals surface area contributed by atoms with Crippen molar-refractivity contribution >= 4 is 41.0 Å². The van der Waals surface area contributed by atoms with Crippen molar-refractivity contribution in [2.24, 2.45) is 0 Å². The first kappa shape index (κ1) is 48.7. The molecule has 3 N–H and O–H groups in total. The van der Waals surface area contributed by atoms with E-state index in [9.17, 15) is 19.0 Å². The number of aliphatic hydroxyl groups is 3. The van der Waals surface area contributed by atoms with Crippen molar-refractivity contribution in [2.75, 3.05) is 26.4 Å². The number of aliphatic hydroxyl groups excluding tert-OH is 3. The Bertz CT molecular complexity index is 2440. The molecular formula is C48H52MnO10P2. The Balaban J connectivity index is 0.000000252. The Morgan fingerprint density at radius 3 is 1.28 bits per heavy atom. The number of carbonyl (C=O) groups excluding carboxylic acids is 1. The first-order valence-corrected chi connectivity index (χ1v) is 23.9. The van der Waals surface area contributed by atoms with Gasteiger partial charge in [0.2, 0.25) is 12.7 Å². The number of hydrogen-bond donors (Lipinski definition) is 3. The van der Waals surface area contributed by atoms with Gasteiger partial charge in [0, 0.05) is 32.3 Å².